The molecule has 10 heteroatoms. The highest BCUT2D eigenvalue weighted by atomic mass is 32.2. The fraction of sp³-hybridized carbons (Fsp3) is 0.348. The van der Waals surface area contributed by atoms with Crippen LogP contribution in [0.3, 0.4) is 0 Å². The molecule has 1 aliphatic rings. The standard InChI is InChI=1S/C23H27N5O4S/c1-18-2-8-21(9-3-18)33(31,32)26-15-22(29)25-16-23(30)28-12-10-27(11-13-28)17-20-6-4-19(14-24)5-7-20/h2-9,26H,10-13,15-17H2,1H3,(H,25,29). The van der Waals surface area contributed by atoms with Crippen LogP contribution in [-0.4, -0.2) is 69.3 Å². The van der Waals surface area contributed by atoms with Crippen molar-refractivity contribution in [3.63, 3.8) is 0 Å². The molecule has 2 amide bonds. The van der Waals surface area contributed by atoms with Crippen molar-refractivity contribution in [1.82, 2.24) is 19.8 Å². The van der Waals surface area contributed by atoms with Crippen molar-refractivity contribution in [2.45, 2.75) is 18.4 Å². The second-order valence-corrected chi connectivity index (χ2v) is 9.65. The predicted molar refractivity (Wildman–Crippen MR) is 122 cm³/mol. The van der Waals surface area contributed by atoms with Crippen molar-refractivity contribution in [3.05, 3.63) is 65.2 Å². The lowest BCUT2D eigenvalue weighted by Crippen LogP contribution is -2.51. The maximum Gasteiger partial charge on any atom is 0.242 e. The zero-order chi connectivity index (χ0) is 23.8. The SMILES string of the molecule is Cc1ccc(S(=O)(=O)NCC(=O)NCC(=O)N2CCN(Cc3ccc(C#N)cc3)CC2)cc1. The Kier molecular flexibility index (Phi) is 8.16. The van der Waals surface area contributed by atoms with Crippen LogP contribution < -0.4 is 10.0 Å². The Balaban J connectivity index is 1.38. The molecule has 1 heterocycles. The molecule has 174 valence electrons. The van der Waals surface area contributed by atoms with Gasteiger partial charge < -0.3 is 10.2 Å². The number of hydrogen-bond donors (Lipinski definition) is 2. The van der Waals surface area contributed by atoms with E-state index in [0.29, 0.717) is 31.7 Å². The van der Waals surface area contributed by atoms with Crippen LogP contribution in [0.1, 0.15) is 16.7 Å². The summed E-state index contributed by atoms with van der Waals surface area (Å²) in [5, 5.41) is 11.4. The summed E-state index contributed by atoms with van der Waals surface area (Å²) in [5.74, 6) is -0.777. The van der Waals surface area contributed by atoms with Gasteiger partial charge in [0.1, 0.15) is 0 Å². The van der Waals surface area contributed by atoms with E-state index in [1.807, 2.05) is 19.1 Å². The summed E-state index contributed by atoms with van der Waals surface area (Å²) in [6, 6.07) is 15.8. The summed E-state index contributed by atoms with van der Waals surface area (Å²) in [5.41, 5.74) is 2.66. The first kappa shape index (κ1) is 24.4. The van der Waals surface area contributed by atoms with Crippen molar-refractivity contribution >= 4 is 21.8 Å². The molecular formula is C23H27N5O4S. The third-order valence-electron chi connectivity index (χ3n) is 5.41. The molecule has 33 heavy (non-hydrogen) atoms. The minimum absolute atomic E-state index is 0.0795. The quantitative estimate of drug-likeness (QED) is 0.584. The highest BCUT2D eigenvalue weighted by Crippen LogP contribution is 2.11. The third-order valence-corrected chi connectivity index (χ3v) is 6.82. The number of carbonyl (C=O) groups excluding carboxylic acids is 2. The van der Waals surface area contributed by atoms with Crippen molar-refractivity contribution in [3.8, 4) is 6.07 Å². The van der Waals surface area contributed by atoms with Crippen LogP contribution in [0.15, 0.2) is 53.4 Å². The van der Waals surface area contributed by atoms with Gasteiger partial charge in [0, 0.05) is 32.7 Å². The van der Waals surface area contributed by atoms with E-state index in [2.05, 4.69) is 21.0 Å². The van der Waals surface area contributed by atoms with Gasteiger partial charge in [0.15, 0.2) is 0 Å². The van der Waals surface area contributed by atoms with Crippen LogP contribution in [0.25, 0.3) is 0 Å². The molecule has 2 aromatic rings. The van der Waals surface area contributed by atoms with Gasteiger partial charge in [0.2, 0.25) is 21.8 Å². The number of nitrogens with zero attached hydrogens (tertiary/aromatic N) is 3. The van der Waals surface area contributed by atoms with Crippen LogP contribution in [0.4, 0.5) is 0 Å². The van der Waals surface area contributed by atoms with Gasteiger partial charge in [-0.1, -0.05) is 29.8 Å². The van der Waals surface area contributed by atoms with Gasteiger partial charge in [-0.3, -0.25) is 14.5 Å². The number of nitriles is 1. The van der Waals surface area contributed by atoms with E-state index in [4.69, 9.17) is 5.26 Å². The van der Waals surface area contributed by atoms with Crippen molar-refractivity contribution in [1.29, 1.82) is 5.26 Å². The molecule has 0 atom stereocenters. The van der Waals surface area contributed by atoms with Crippen LogP contribution >= 0.6 is 0 Å². The van der Waals surface area contributed by atoms with E-state index < -0.39 is 22.5 Å². The van der Waals surface area contributed by atoms with Gasteiger partial charge in [-0.15, -0.1) is 0 Å². The molecule has 0 unspecified atom stereocenters. The largest absolute Gasteiger partial charge is 0.346 e. The lowest BCUT2D eigenvalue weighted by molar-refractivity contribution is -0.134. The molecule has 0 saturated carbocycles. The fourth-order valence-corrected chi connectivity index (χ4v) is 4.39. The Bertz CT molecular complexity index is 1120. The van der Waals surface area contributed by atoms with Gasteiger partial charge in [0.05, 0.1) is 29.6 Å². The number of nitrogens with one attached hydrogen (secondary N) is 2. The van der Waals surface area contributed by atoms with Gasteiger partial charge in [-0.2, -0.15) is 5.26 Å². The Morgan fingerprint density at radius 2 is 1.61 bits per heavy atom. The number of benzene rings is 2. The molecule has 0 aromatic heterocycles. The van der Waals surface area contributed by atoms with E-state index in [1.165, 1.54) is 12.1 Å². The highest BCUT2D eigenvalue weighted by Gasteiger charge is 2.22. The molecule has 1 saturated heterocycles. The lowest BCUT2D eigenvalue weighted by atomic mass is 10.1. The molecule has 0 radical (unpaired) electrons. The zero-order valence-corrected chi connectivity index (χ0v) is 19.3. The summed E-state index contributed by atoms with van der Waals surface area (Å²) in [7, 11) is -3.79. The molecule has 0 aliphatic carbocycles. The second-order valence-electron chi connectivity index (χ2n) is 7.88. The summed E-state index contributed by atoms with van der Waals surface area (Å²) < 4.78 is 26.7. The minimum atomic E-state index is -3.79. The maximum absolute atomic E-state index is 12.4. The van der Waals surface area contributed by atoms with Gasteiger partial charge >= 0.3 is 0 Å². The Hall–Kier alpha value is -3.26. The summed E-state index contributed by atoms with van der Waals surface area (Å²) in [6.07, 6.45) is 0. The van der Waals surface area contributed by atoms with Crippen LogP contribution in [-0.2, 0) is 26.2 Å². The first-order valence-electron chi connectivity index (χ1n) is 10.6. The Morgan fingerprint density at radius 1 is 0.970 bits per heavy atom. The van der Waals surface area contributed by atoms with E-state index >= 15 is 0 Å². The first-order valence-corrected chi connectivity index (χ1v) is 12.1. The molecule has 0 spiro atoms. The monoisotopic (exact) mass is 469 g/mol. The fourth-order valence-electron chi connectivity index (χ4n) is 3.41. The van der Waals surface area contributed by atoms with Gasteiger partial charge in [0.25, 0.3) is 0 Å². The van der Waals surface area contributed by atoms with E-state index in [-0.39, 0.29) is 17.3 Å². The molecule has 0 bridgehead atoms. The number of aryl methyl sites for hydroxylation is 1. The Labute approximate surface area is 194 Å². The molecule has 9 nitrogen and oxygen atoms in total. The summed E-state index contributed by atoms with van der Waals surface area (Å²) >= 11 is 0. The second kappa shape index (κ2) is 11.0. The highest BCUT2D eigenvalue weighted by molar-refractivity contribution is 7.89. The molecular weight excluding hydrogens is 442 g/mol. The molecule has 1 aliphatic heterocycles. The minimum Gasteiger partial charge on any atom is -0.346 e. The molecule has 2 aromatic carbocycles. The van der Waals surface area contributed by atoms with E-state index in [0.717, 1.165) is 17.7 Å². The van der Waals surface area contributed by atoms with Crippen LogP contribution in [0.5, 0.6) is 0 Å². The number of amides is 2. The van der Waals surface area contributed by atoms with Crippen LogP contribution in [0, 0.1) is 18.3 Å². The maximum atomic E-state index is 12.4. The Morgan fingerprint density at radius 3 is 2.21 bits per heavy atom. The van der Waals surface area contributed by atoms with Gasteiger partial charge in [-0.25, -0.2) is 13.1 Å². The van der Waals surface area contributed by atoms with E-state index in [9.17, 15) is 18.0 Å². The van der Waals surface area contributed by atoms with Crippen molar-refractivity contribution in [2.75, 3.05) is 39.3 Å². The van der Waals surface area contributed by atoms with Gasteiger partial charge in [-0.05, 0) is 36.8 Å². The molecule has 2 N–H and O–H groups in total. The summed E-state index contributed by atoms with van der Waals surface area (Å²) in [6.45, 7) is 4.47. The van der Waals surface area contributed by atoms with Crippen molar-refractivity contribution in [2.24, 2.45) is 0 Å². The normalized spacial score (nSPS) is 14.5. The average Bonchev–Trinajstić information content (AvgIpc) is 2.82. The molecule has 1 fully saturated rings. The third kappa shape index (κ3) is 7.12. The first-order chi connectivity index (χ1) is 15.8. The average molecular weight is 470 g/mol. The van der Waals surface area contributed by atoms with E-state index in [1.54, 1.807) is 29.2 Å². The smallest absolute Gasteiger partial charge is 0.242 e. The predicted octanol–water partition coefficient (Wildman–Crippen LogP) is 0.606. The lowest BCUT2D eigenvalue weighted by Gasteiger charge is -2.34. The van der Waals surface area contributed by atoms with Crippen molar-refractivity contribution < 1.29 is 18.0 Å². The number of rotatable bonds is 8. The van der Waals surface area contributed by atoms with Crippen LogP contribution in [0.2, 0.25) is 0 Å². The number of sulfonamides is 1. The number of carbonyl (C=O) groups is 2. The molecule has 3 rings (SSSR count). The number of piperazine rings is 1. The topological polar surface area (TPSA) is 123 Å². The number of hydrogen-bond acceptors (Lipinski definition) is 6. The summed E-state index contributed by atoms with van der Waals surface area (Å²) in [4.78, 5) is 28.4. The zero-order valence-electron chi connectivity index (χ0n) is 18.5.